The van der Waals surface area contributed by atoms with Gasteiger partial charge in [-0.2, -0.15) is 5.10 Å². The summed E-state index contributed by atoms with van der Waals surface area (Å²) in [5.74, 6) is 0.601. The maximum Gasteiger partial charge on any atom is 0.224 e. The lowest BCUT2D eigenvalue weighted by Crippen LogP contribution is -2.11. The zero-order chi connectivity index (χ0) is 24.5. The molecule has 1 amide bonds. The predicted molar refractivity (Wildman–Crippen MR) is 141 cm³/mol. The molecule has 6 aromatic rings. The Morgan fingerprint density at radius 3 is 2.86 bits per heavy atom. The Hall–Kier alpha value is -4.44. The third-order valence-corrected chi connectivity index (χ3v) is 6.83. The zero-order valence-electron chi connectivity index (χ0n) is 19.4. The van der Waals surface area contributed by atoms with Crippen LogP contribution in [0.5, 0.6) is 0 Å². The maximum atomic E-state index is 12.2. The van der Waals surface area contributed by atoms with Crippen molar-refractivity contribution in [1.29, 1.82) is 0 Å². The molecule has 6 aromatic heterocycles. The quantitative estimate of drug-likeness (QED) is 0.257. The molecule has 0 aliphatic rings. The number of unbranched alkanes of at least 4 members (excludes halogenated alkanes) is 1. The van der Waals surface area contributed by atoms with Crippen molar-refractivity contribution in [2.75, 3.05) is 5.32 Å². The highest BCUT2D eigenvalue weighted by molar-refractivity contribution is 7.13. The summed E-state index contributed by atoms with van der Waals surface area (Å²) in [6.07, 6.45) is 9.27. The molecule has 0 atom stereocenters. The Kier molecular flexibility index (Phi) is 5.70. The summed E-state index contributed by atoms with van der Waals surface area (Å²) in [7, 11) is 0. The number of carbonyl (C=O) groups is 1. The Morgan fingerprint density at radius 1 is 1.08 bits per heavy atom. The number of hydrogen-bond donors (Lipinski definition) is 3. The number of nitrogens with one attached hydrogen (secondary N) is 3. The van der Waals surface area contributed by atoms with E-state index in [1.54, 1.807) is 36.1 Å². The molecule has 0 aromatic carbocycles. The standard InChI is InChI=1S/C26H22N8OS/c1-2-3-6-21(35)30-17-10-15(12-27-14-17)16-11-19-23(33-34-24(19)29-13-16)26-31-22-18(20-5-4-9-36-20)7-8-28-25(22)32-26/h4-5,7-14H,2-3,6H2,1H3,(H,30,35)(H,28,31,32)(H,29,33,34). The van der Waals surface area contributed by atoms with Gasteiger partial charge in [-0.25, -0.2) is 15.0 Å². The number of fused-ring (bicyclic) bond motifs is 2. The first-order chi connectivity index (χ1) is 17.7. The number of H-pyrrole nitrogens is 2. The minimum absolute atomic E-state index is 0.0121. The SMILES string of the molecule is CCCCC(=O)Nc1cncc(-c2cnc3[nH]nc(-c4nc5c(-c6cccs6)ccnc5[nH]4)c3c2)c1. The van der Waals surface area contributed by atoms with Crippen LogP contribution in [0.3, 0.4) is 0 Å². The second-order valence-electron chi connectivity index (χ2n) is 8.42. The molecule has 36 heavy (non-hydrogen) atoms. The number of anilines is 1. The van der Waals surface area contributed by atoms with Crippen molar-refractivity contribution in [2.24, 2.45) is 0 Å². The fraction of sp³-hybridized carbons (Fsp3) is 0.154. The van der Waals surface area contributed by atoms with Crippen LogP contribution in [-0.4, -0.2) is 41.0 Å². The molecule has 0 fully saturated rings. The van der Waals surface area contributed by atoms with Crippen LogP contribution in [0.2, 0.25) is 0 Å². The second-order valence-corrected chi connectivity index (χ2v) is 9.37. The lowest BCUT2D eigenvalue weighted by molar-refractivity contribution is -0.116. The van der Waals surface area contributed by atoms with E-state index in [1.165, 1.54) is 0 Å². The molecule has 6 heterocycles. The van der Waals surface area contributed by atoms with E-state index in [4.69, 9.17) is 4.98 Å². The summed E-state index contributed by atoms with van der Waals surface area (Å²) in [6, 6.07) is 9.97. The normalized spacial score (nSPS) is 11.4. The number of aromatic amines is 2. The van der Waals surface area contributed by atoms with Crippen molar-refractivity contribution in [2.45, 2.75) is 26.2 Å². The number of hydrogen-bond acceptors (Lipinski definition) is 7. The van der Waals surface area contributed by atoms with Crippen LogP contribution in [0.15, 0.2) is 60.5 Å². The molecule has 10 heteroatoms. The molecule has 9 nitrogen and oxygen atoms in total. The maximum absolute atomic E-state index is 12.2. The van der Waals surface area contributed by atoms with Crippen LogP contribution in [-0.2, 0) is 4.79 Å². The molecular formula is C26H22N8OS. The summed E-state index contributed by atoms with van der Waals surface area (Å²) in [6.45, 7) is 2.06. The van der Waals surface area contributed by atoms with Gasteiger partial charge in [0.25, 0.3) is 0 Å². The van der Waals surface area contributed by atoms with Crippen LogP contribution < -0.4 is 5.32 Å². The van der Waals surface area contributed by atoms with E-state index in [2.05, 4.69) is 48.4 Å². The fourth-order valence-corrected chi connectivity index (χ4v) is 4.87. The van der Waals surface area contributed by atoms with Gasteiger partial charge in [0.2, 0.25) is 5.91 Å². The van der Waals surface area contributed by atoms with Crippen LogP contribution in [0.25, 0.3) is 55.3 Å². The van der Waals surface area contributed by atoms with Gasteiger partial charge in [-0.15, -0.1) is 11.3 Å². The van der Waals surface area contributed by atoms with Gasteiger partial charge >= 0.3 is 0 Å². The number of pyridine rings is 3. The first-order valence-electron chi connectivity index (χ1n) is 11.7. The monoisotopic (exact) mass is 494 g/mol. The molecule has 0 bridgehead atoms. The molecule has 0 aliphatic carbocycles. The Morgan fingerprint density at radius 2 is 2.00 bits per heavy atom. The summed E-state index contributed by atoms with van der Waals surface area (Å²) < 4.78 is 0. The minimum Gasteiger partial charge on any atom is -0.325 e. The van der Waals surface area contributed by atoms with E-state index in [0.717, 1.165) is 45.3 Å². The number of rotatable bonds is 7. The van der Waals surface area contributed by atoms with Crippen molar-refractivity contribution in [1.82, 2.24) is 35.1 Å². The van der Waals surface area contributed by atoms with Crippen LogP contribution in [0.4, 0.5) is 5.69 Å². The molecule has 0 saturated carbocycles. The van der Waals surface area contributed by atoms with Gasteiger partial charge in [0.15, 0.2) is 17.1 Å². The van der Waals surface area contributed by atoms with Gasteiger partial charge < -0.3 is 10.3 Å². The van der Waals surface area contributed by atoms with E-state index in [-0.39, 0.29) is 5.91 Å². The molecule has 0 radical (unpaired) electrons. The van der Waals surface area contributed by atoms with Gasteiger partial charge in [0.1, 0.15) is 11.2 Å². The highest BCUT2D eigenvalue weighted by Crippen LogP contribution is 2.33. The number of nitrogens with zero attached hydrogens (tertiary/aromatic N) is 5. The largest absolute Gasteiger partial charge is 0.325 e. The summed E-state index contributed by atoms with van der Waals surface area (Å²) in [4.78, 5) is 34.8. The molecular weight excluding hydrogens is 472 g/mol. The van der Waals surface area contributed by atoms with Gasteiger partial charge in [-0.05, 0) is 36.1 Å². The van der Waals surface area contributed by atoms with Crippen molar-refractivity contribution >= 4 is 45.1 Å². The van der Waals surface area contributed by atoms with E-state index in [1.807, 2.05) is 29.6 Å². The third-order valence-electron chi connectivity index (χ3n) is 5.92. The molecule has 0 saturated heterocycles. The molecule has 3 N–H and O–H groups in total. The highest BCUT2D eigenvalue weighted by Gasteiger charge is 2.17. The van der Waals surface area contributed by atoms with E-state index < -0.39 is 0 Å². The summed E-state index contributed by atoms with van der Waals surface area (Å²) in [5.41, 5.74) is 6.19. The number of imidazole rings is 1. The Labute approximate surface area is 210 Å². The molecule has 0 spiro atoms. The lowest BCUT2D eigenvalue weighted by atomic mass is 10.1. The van der Waals surface area contributed by atoms with Crippen molar-refractivity contribution in [3.8, 4) is 33.1 Å². The van der Waals surface area contributed by atoms with Gasteiger partial charge in [-0.1, -0.05) is 19.4 Å². The number of thiophene rings is 1. The predicted octanol–water partition coefficient (Wildman–Crippen LogP) is 5.82. The first-order valence-corrected chi connectivity index (χ1v) is 12.6. The number of carbonyl (C=O) groups excluding carboxylic acids is 1. The first kappa shape index (κ1) is 22.1. The number of amides is 1. The Bertz CT molecular complexity index is 1690. The van der Waals surface area contributed by atoms with E-state index in [9.17, 15) is 4.79 Å². The molecule has 178 valence electrons. The molecule has 6 rings (SSSR count). The van der Waals surface area contributed by atoms with Crippen molar-refractivity contribution < 1.29 is 4.79 Å². The average molecular weight is 495 g/mol. The molecule has 0 aliphatic heterocycles. The van der Waals surface area contributed by atoms with E-state index >= 15 is 0 Å². The topological polar surface area (TPSA) is 125 Å². The minimum atomic E-state index is -0.0121. The summed E-state index contributed by atoms with van der Waals surface area (Å²) in [5, 5.41) is 13.3. The van der Waals surface area contributed by atoms with Crippen molar-refractivity contribution in [3.05, 3.63) is 60.5 Å². The van der Waals surface area contributed by atoms with Crippen molar-refractivity contribution in [3.63, 3.8) is 0 Å². The second kappa shape index (κ2) is 9.31. The van der Waals surface area contributed by atoms with Gasteiger partial charge in [0, 0.05) is 46.6 Å². The average Bonchev–Trinajstić information content (AvgIpc) is 3.66. The van der Waals surface area contributed by atoms with Crippen LogP contribution in [0.1, 0.15) is 26.2 Å². The fourth-order valence-electron chi connectivity index (χ4n) is 4.12. The smallest absolute Gasteiger partial charge is 0.224 e. The van der Waals surface area contributed by atoms with E-state index in [0.29, 0.717) is 34.9 Å². The number of aromatic nitrogens is 7. The third kappa shape index (κ3) is 4.11. The Balaban J connectivity index is 1.37. The van der Waals surface area contributed by atoms with Crippen LogP contribution >= 0.6 is 11.3 Å². The van der Waals surface area contributed by atoms with Gasteiger partial charge in [-0.3, -0.25) is 14.9 Å². The van der Waals surface area contributed by atoms with Crippen LogP contribution in [0, 0.1) is 0 Å². The zero-order valence-corrected chi connectivity index (χ0v) is 20.3. The van der Waals surface area contributed by atoms with Gasteiger partial charge in [0.05, 0.1) is 17.3 Å². The molecule has 0 unspecified atom stereocenters. The highest BCUT2D eigenvalue weighted by atomic mass is 32.1. The lowest BCUT2D eigenvalue weighted by Gasteiger charge is -2.07. The summed E-state index contributed by atoms with van der Waals surface area (Å²) >= 11 is 1.66.